The third-order valence-corrected chi connectivity index (χ3v) is 4.66. The third-order valence-electron chi connectivity index (χ3n) is 3.22. The summed E-state index contributed by atoms with van der Waals surface area (Å²) in [5.74, 6) is 0.244. The van der Waals surface area contributed by atoms with Gasteiger partial charge < -0.3 is 11.1 Å². The van der Waals surface area contributed by atoms with Crippen LogP contribution in [0.4, 0.5) is 5.69 Å². The van der Waals surface area contributed by atoms with Crippen molar-refractivity contribution >= 4 is 34.0 Å². The first kappa shape index (κ1) is 17.9. The number of nitrogens with two attached hydrogens (primary N) is 1. The van der Waals surface area contributed by atoms with Crippen LogP contribution >= 0.6 is 12.4 Å². The predicted molar refractivity (Wildman–Crippen MR) is 83.9 cm³/mol. The number of hydrogen-bond donors (Lipinski definition) is 3. The molecule has 1 aliphatic carbocycles. The first-order chi connectivity index (χ1) is 9.38. The number of rotatable bonds is 6. The number of carbonyl (C=O) groups excluding carboxylic acids is 1. The molecule has 1 saturated carbocycles. The van der Waals surface area contributed by atoms with Gasteiger partial charge in [0.25, 0.3) is 0 Å². The van der Waals surface area contributed by atoms with E-state index in [0.717, 1.165) is 12.8 Å². The topological polar surface area (TPSA) is 101 Å². The van der Waals surface area contributed by atoms with E-state index in [2.05, 4.69) is 10.0 Å². The van der Waals surface area contributed by atoms with E-state index >= 15 is 0 Å². The molecule has 21 heavy (non-hydrogen) atoms. The Morgan fingerprint density at radius 1 is 1.33 bits per heavy atom. The molecule has 0 heterocycles. The maximum atomic E-state index is 12.1. The van der Waals surface area contributed by atoms with Crippen LogP contribution in [0.25, 0.3) is 0 Å². The van der Waals surface area contributed by atoms with Gasteiger partial charge in [-0.3, -0.25) is 4.79 Å². The summed E-state index contributed by atoms with van der Waals surface area (Å²) in [4.78, 5) is 11.0. The smallest absolute Gasteiger partial charge is 0.240 e. The molecule has 0 aromatic heterocycles. The van der Waals surface area contributed by atoms with E-state index in [0.29, 0.717) is 11.6 Å². The molecule has 0 aliphatic heterocycles. The maximum absolute atomic E-state index is 12.1. The highest BCUT2D eigenvalue weighted by molar-refractivity contribution is 7.89. The molecule has 1 amide bonds. The summed E-state index contributed by atoms with van der Waals surface area (Å²) < 4.78 is 26.6. The summed E-state index contributed by atoms with van der Waals surface area (Å²) in [5.41, 5.74) is 6.43. The Hall–Kier alpha value is -1.15. The Bertz CT molecular complexity index is 585. The van der Waals surface area contributed by atoms with Gasteiger partial charge in [-0.05, 0) is 43.0 Å². The predicted octanol–water partition coefficient (Wildman–Crippen LogP) is 1.08. The van der Waals surface area contributed by atoms with E-state index in [1.165, 1.54) is 19.1 Å². The van der Waals surface area contributed by atoms with Crippen molar-refractivity contribution in [3.05, 3.63) is 24.3 Å². The molecular formula is C13H20ClN3O3S. The normalized spacial score (nSPS) is 15.9. The van der Waals surface area contributed by atoms with E-state index in [9.17, 15) is 13.2 Å². The van der Waals surface area contributed by atoms with E-state index < -0.39 is 10.0 Å². The summed E-state index contributed by atoms with van der Waals surface area (Å²) in [6.45, 7) is 1.64. The van der Waals surface area contributed by atoms with Gasteiger partial charge in [0.2, 0.25) is 15.9 Å². The van der Waals surface area contributed by atoms with Gasteiger partial charge in [-0.15, -0.1) is 12.4 Å². The number of benzene rings is 1. The fourth-order valence-electron chi connectivity index (χ4n) is 1.90. The van der Waals surface area contributed by atoms with Crippen molar-refractivity contribution in [1.82, 2.24) is 4.72 Å². The van der Waals surface area contributed by atoms with E-state index in [1.807, 2.05) is 0 Å². The van der Waals surface area contributed by atoms with Gasteiger partial charge in [0.15, 0.2) is 0 Å². The van der Waals surface area contributed by atoms with Crippen molar-refractivity contribution in [2.75, 3.05) is 11.9 Å². The lowest BCUT2D eigenvalue weighted by Gasteiger charge is -2.12. The molecule has 1 fully saturated rings. The number of amides is 1. The highest BCUT2D eigenvalue weighted by Crippen LogP contribution is 2.31. The molecule has 0 bridgehead atoms. The zero-order chi connectivity index (χ0) is 14.8. The lowest BCUT2D eigenvalue weighted by molar-refractivity contribution is -0.114. The number of nitrogens with one attached hydrogen (secondary N) is 2. The van der Waals surface area contributed by atoms with Crippen LogP contribution < -0.4 is 15.8 Å². The van der Waals surface area contributed by atoms with E-state index in [-0.39, 0.29) is 35.8 Å². The fourth-order valence-corrected chi connectivity index (χ4v) is 2.97. The first-order valence-corrected chi connectivity index (χ1v) is 8.00. The van der Waals surface area contributed by atoms with Crippen LogP contribution in [0, 0.1) is 5.92 Å². The molecule has 4 N–H and O–H groups in total. The zero-order valence-electron chi connectivity index (χ0n) is 11.7. The summed E-state index contributed by atoms with van der Waals surface area (Å²) in [5, 5.41) is 2.58. The minimum absolute atomic E-state index is 0. The molecule has 0 saturated heterocycles. The van der Waals surface area contributed by atoms with Crippen molar-refractivity contribution < 1.29 is 13.2 Å². The molecule has 0 radical (unpaired) electrons. The third kappa shape index (κ3) is 5.28. The van der Waals surface area contributed by atoms with Gasteiger partial charge in [-0.2, -0.15) is 0 Å². The number of anilines is 1. The van der Waals surface area contributed by atoms with Crippen molar-refractivity contribution in [2.45, 2.75) is 30.7 Å². The average molecular weight is 334 g/mol. The molecule has 6 nitrogen and oxygen atoms in total. The number of halogens is 1. The van der Waals surface area contributed by atoms with Crippen molar-refractivity contribution in [3.8, 4) is 0 Å². The van der Waals surface area contributed by atoms with Crippen LogP contribution in [-0.2, 0) is 14.8 Å². The van der Waals surface area contributed by atoms with Crippen LogP contribution in [0.5, 0.6) is 0 Å². The van der Waals surface area contributed by atoms with E-state index in [4.69, 9.17) is 5.73 Å². The van der Waals surface area contributed by atoms with Gasteiger partial charge >= 0.3 is 0 Å². The summed E-state index contributed by atoms with van der Waals surface area (Å²) in [7, 11) is -3.55. The second-order valence-electron chi connectivity index (χ2n) is 5.06. The molecule has 118 valence electrons. The number of hydrogen-bond acceptors (Lipinski definition) is 4. The Labute approximate surface area is 130 Å². The molecule has 2 rings (SSSR count). The number of carbonyl (C=O) groups is 1. The molecule has 1 atom stereocenters. The Kier molecular flexibility index (Phi) is 6.15. The SMILES string of the molecule is CC(=O)Nc1ccc(S(=O)(=O)NCC(N)C2CC2)cc1.Cl. The first-order valence-electron chi connectivity index (χ1n) is 6.51. The van der Waals surface area contributed by atoms with Gasteiger partial charge in [-0.1, -0.05) is 0 Å². The zero-order valence-corrected chi connectivity index (χ0v) is 13.3. The van der Waals surface area contributed by atoms with Gasteiger partial charge in [0.1, 0.15) is 0 Å². The van der Waals surface area contributed by atoms with Crippen molar-refractivity contribution in [2.24, 2.45) is 11.7 Å². The summed E-state index contributed by atoms with van der Waals surface area (Å²) >= 11 is 0. The second kappa shape index (κ2) is 7.22. The largest absolute Gasteiger partial charge is 0.326 e. The van der Waals surface area contributed by atoms with Gasteiger partial charge in [0, 0.05) is 25.2 Å². The minimum Gasteiger partial charge on any atom is -0.326 e. The quantitative estimate of drug-likeness (QED) is 0.725. The molecule has 1 aromatic carbocycles. The Morgan fingerprint density at radius 3 is 2.38 bits per heavy atom. The molecule has 1 aliphatic rings. The van der Waals surface area contributed by atoms with Crippen LogP contribution in [-0.4, -0.2) is 26.9 Å². The lowest BCUT2D eigenvalue weighted by Crippen LogP contribution is -2.38. The molecule has 0 spiro atoms. The molecule has 1 aromatic rings. The lowest BCUT2D eigenvalue weighted by atomic mass is 10.2. The second-order valence-corrected chi connectivity index (χ2v) is 6.83. The molecular weight excluding hydrogens is 314 g/mol. The summed E-state index contributed by atoms with van der Waals surface area (Å²) in [6.07, 6.45) is 2.16. The highest BCUT2D eigenvalue weighted by atomic mass is 35.5. The van der Waals surface area contributed by atoms with Gasteiger partial charge in [-0.25, -0.2) is 13.1 Å². The van der Waals surface area contributed by atoms with Gasteiger partial charge in [0.05, 0.1) is 4.90 Å². The monoisotopic (exact) mass is 333 g/mol. The maximum Gasteiger partial charge on any atom is 0.240 e. The standard InChI is InChI=1S/C13H19N3O3S.ClH/c1-9(17)16-11-4-6-12(7-5-11)20(18,19)15-8-13(14)10-2-3-10;/h4-7,10,13,15H,2-3,8,14H2,1H3,(H,16,17);1H. The minimum atomic E-state index is -3.55. The van der Waals surface area contributed by atoms with Crippen LogP contribution in [0.15, 0.2) is 29.2 Å². The summed E-state index contributed by atoms with van der Waals surface area (Å²) in [6, 6.07) is 5.89. The fraction of sp³-hybridized carbons (Fsp3) is 0.462. The number of sulfonamides is 1. The van der Waals surface area contributed by atoms with Crippen LogP contribution in [0.2, 0.25) is 0 Å². The Morgan fingerprint density at radius 2 is 1.90 bits per heavy atom. The van der Waals surface area contributed by atoms with E-state index in [1.54, 1.807) is 12.1 Å². The highest BCUT2D eigenvalue weighted by Gasteiger charge is 2.29. The van der Waals surface area contributed by atoms with Crippen LogP contribution in [0.3, 0.4) is 0 Å². The average Bonchev–Trinajstić information content (AvgIpc) is 3.20. The van der Waals surface area contributed by atoms with Crippen LogP contribution in [0.1, 0.15) is 19.8 Å². The van der Waals surface area contributed by atoms with Crippen molar-refractivity contribution in [3.63, 3.8) is 0 Å². The molecule has 1 unspecified atom stereocenters. The molecule has 8 heteroatoms. The van der Waals surface area contributed by atoms with Crippen molar-refractivity contribution in [1.29, 1.82) is 0 Å². The Balaban J connectivity index is 0.00000220.